The van der Waals surface area contributed by atoms with Gasteiger partial charge in [-0.1, -0.05) is 24.3 Å². The average molecular weight is 449 g/mol. The zero-order chi connectivity index (χ0) is 23.2. The van der Waals surface area contributed by atoms with Gasteiger partial charge in [-0.15, -0.1) is 0 Å². The zero-order valence-electron chi connectivity index (χ0n) is 18.9. The van der Waals surface area contributed by atoms with Crippen molar-refractivity contribution in [3.8, 4) is 0 Å². The molecule has 2 aromatic rings. The van der Waals surface area contributed by atoms with Gasteiger partial charge in [0.15, 0.2) is 0 Å². The number of amides is 3. The van der Waals surface area contributed by atoms with Gasteiger partial charge in [0.2, 0.25) is 5.91 Å². The monoisotopic (exact) mass is 448 g/mol. The Labute approximate surface area is 193 Å². The molecule has 1 aromatic carbocycles. The van der Waals surface area contributed by atoms with Crippen LogP contribution in [-0.4, -0.2) is 88.4 Å². The van der Waals surface area contributed by atoms with Crippen molar-refractivity contribution in [2.45, 2.75) is 31.3 Å². The molecule has 8 heteroatoms. The molecule has 3 aliphatic rings. The Balaban J connectivity index is 1.56. The maximum atomic E-state index is 14.0. The van der Waals surface area contributed by atoms with Crippen LogP contribution in [0.1, 0.15) is 46.2 Å². The summed E-state index contributed by atoms with van der Waals surface area (Å²) in [5, 5.41) is 0. The number of hydrogen-bond donors (Lipinski definition) is 0. The molecule has 1 atom stereocenters. The first-order valence-electron chi connectivity index (χ1n) is 11.4. The second-order valence-corrected chi connectivity index (χ2v) is 9.21. The zero-order valence-corrected chi connectivity index (χ0v) is 18.9. The van der Waals surface area contributed by atoms with Crippen molar-refractivity contribution in [2.24, 2.45) is 0 Å². The summed E-state index contributed by atoms with van der Waals surface area (Å²) < 4.78 is 5.45. The fraction of sp³-hybridized carbons (Fsp3) is 0.440. The number of morpholine rings is 1. The summed E-state index contributed by atoms with van der Waals surface area (Å²) in [4.78, 5) is 50.2. The molecule has 0 radical (unpaired) electrons. The van der Waals surface area contributed by atoms with E-state index in [4.69, 9.17) is 4.74 Å². The summed E-state index contributed by atoms with van der Waals surface area (Å²) >= 11 is 0. The normalized spacial score (nSPS) is 21.7. The third kappa shape index (κ3) is 3.40. The van der Waals surface area contributed by atoms with Gasteiger partial charge in [-0.25, -0.2) is 0 Å². The number of rotatable bonds is 3. The minimum Gasteiger partial charge on any atom is -0.378 e. The molecule has 3 aliphatic heterocycles. The van der Waals surface area contributed by atoms with Gasteiger partial charge in [-0.05, 0) is 37.6 Å². The maximum absolute atomic E-state index is 14.0. The SMILES string of the molecule is CC(C)N1C(=O)c2ccccc2C(C(=O)N2CCOCC2)C12CN(C(=O)c1ccccn1)C2. The topological polar surface area (TPSA) is 83.1 Å². The summed E-state index contributed by atoms with van der Waals surface area (Å²) in [7, 11) is 0. The summed E-state index contributed by atoms with van der Waals surface area (Å²) in [5.41, 5.74) is 0.889. The number of carbonyl (C=O) groups excluding carboxylic acids is 3. The first kappa shape index (κ1) is 21.6. The minimum absolute atomic E-state index is 0.00571. The molecule has 0 bridgehead atoms. The Morgan fingerprint density at radius 3 is 2.39 bits per heavy atom. The predicted octanol–water partition coefficient (Wildman–Crippen LogP) is 1.78. The summed E-state index contributed by atoms with van der Waals surface area (Å²) in [5.74, 6) is -0.820. The average Bonchev–Trinajstić information content (AvgIpc) is 2.82. The fourth-order valence-corrected chi connectivity index (χ4v) is 5.53. The van der Waals surface area contributed by atoms with Crippen LogP contribution in [0, 0.1) is 0 Å². The van der Waals surface area contributed by atoms with E-state index < -0.39 is 11.5 Å². The molecular formula is C25H28N4O4. The van der Waals surface area contributed by atoms with Crippen LogP contribution in [0.4, 0.5) is 0 Å². The molecule has 0 N–H and O–H groups in total. The van der Waals surface area contributed by atoms with E-state index in [0.29, 0.717) is 50.7 Å². The van der Waals surface area contributed by atoms with Gasteiger partial charge < -0.3 is 19.4 Å². The second-order valence-electron chi connectivity index (χ2n) is 9.21. The first-order valence-corrected chi connectivity index (χ1v) is 11.4. The van der Waals surface area contributed by atoms with E-state index in [1.165, 1.54) is 0 Å². The molecule has 1 unspecified atom stereocenters. The van der Waals surface area contributed by atoms with Gasteiger partial charge in [0, 0.05) is 44.0 Å². The van der Waals surface area contributed by atoms with E-state index in [1.54, 1.807) is 35.4 Å². The van der Waals surface area contributed by atoms with E-state index >= 15 is 0 Å². The van der Waals surface area contributed by atoms with Gasteiger partial charge >= 0.3 is 0 Å². The van der Waals surface area contributed by atoms with Crippen LogP contribution in [0.5, 0.6) is 0 Å². The van der Waals surface area contributed by atoms with Crippen LogP contribution in [0.15, 0.2) is 48.7 Å². The van der Waals surface area contributed by atoms with Crippen LogP contribution in [0.2, 0.25) is 0 Å². The quantitative estimate of drug-likeness (QED) is 0.715. The molecular weight excluding hydrogens is 420 g/mol. The van der Waals surface area contributed by atoms with Crippen LogP contribution in [0.3, 0.4) is 0 Å². The summed E-state index contributed by atoms with van der Waals surface area (Å²) in [6.45, 7) is 6.58. The number of pyridine rings is 1. The summed E-state index contributed by atoms with van der Waals surface area (Å²) in [6.07, 6.45) is 1.59. The first-order chi connectivity index (χ1) is 15.9. The highest BCUT2D eigenvalue weighted by Crippen LogP contribution is 2.48. The highest BCUT2D eigenvalue weighted by Gasteiger charge is 2.62. The molecule has 0 saturated carbocycles. The Morgan fingerprint density at radius 2 is 1.73 bits per heavy atom. The van der Waals surface area contributed by atoms with Crippen LogP contribution >= 0.6 is 0 Å². The molecule has 1 spiro atoms. The number of benzene rings is 1. The third-order valence-electron chi connectivity index (χ3n) is 6.92. The van der Waals surface area contributed by atoms with Crippen molar-refractivity contribution in [1.29, 1.82) is 0 Å². The lowest BCUT2D eigenvalue weighted by molar-refractivity contribution is -0.146. The maximum Gasteiger partial charge on any atom is 0.272 e. The van der Waals surface area contributed by atoms with Gasteiger partial charge in [-0.2, -0.15) is 0 Å². The largest absolute Gasteiger partial charge is 0.378 e. The predicted molar refractivity (Wildman–Crippen MR) is 121 cm³/mol. The molecule has 4 heterocycles. The van der Waals surface area contributed by atoms with Crippen molar-refractivity contribution in [3.05, 3.63) is 65.5 Å². The molecule has 5 rings (SSSR count). The van der Waals surface area contributed by atoms with Crippen LogP contribution < -0.4 is 0 Å². The Kier molecular flexibility index (Phi) is 5.40. The highest BCUT2D eigenvalue weighted by molar-refractivity contribution is 6.03. The van der Waals surface area contributed by atoms with E-state index in [1.807, 2.05) is 41.8 Å². The van der Waals surface area contributed by atoms with E-state index in [9.17, 15) is 14.4 Å². The molecule has 2 fully saturated rings. The second kappa shape index (κ2) is 8.26. The Hall–Kier alpha value is -3.26. The number of likely N-dealkylation sites (tertiary alicyclic amines) is 1. The smallest absolute Gasteiger partial charge is 0.272 e. The van der Waals surface area contributed by atoms with Crippen molar-refractivity contribution in [1.82, 2.24) is 19.7 Å². The Bertz CT molecular complexity index is 1070. The molecule has 0 aliphatic carbocycles. The van der Waals surface area contributed by atoms with Gasteiger partial charge in [0.1, 0.15) is 5.69 Å². The highest BCUT2D eigenvalue weighted by atomic mass is 16.5. The van der Waals surface area contributed by atoms with Crippen molar-refractivity contribution < 1.29 is 19.1 Å². The number of aromatic nitrogens is 1. The fourth-order valence-electron chi connectivity index (χ4n) is 5.53. The van der Waals surface area contributed by atoms with Crippen molar-refractivity contribution in [2.75, 3.05) is 39.4 Å². The van der Waals surface area contributed by atoms with E-state index in [-0.39, 0.29) is 23.8 Å². The number of nitrogens with zero attached hydrogens (tertiary/aromatic N) is 4. The standard InChI is InChI=1S/C25H28N4O4/c1-17(2)29-22(30)19-8-4-3-7-18(19)21(24(32)27-11-13-33-14-12-27)25(29)15-28(16-25)23(31)20-9-5-6-10-26-20/h3-10,17,21H,11-16H2,1-2H3. The van der Waals surface area contributed by atoms with Gasteiger partial charge in [0.05, 0.1) is 24.7 Å². The molecule has 2 saturated heterocycles. The number of hydrogen-bond acceptors (Lipinski definition) is 5. The van der Waals surface area contributed by atoms with E-state index in [0.717, 1.165) is 5.56 Å². The Morgan fingerprint density at radius 1 is 1.03 bits per heavy atom. The molecule has 1 aromatic heterocycles. The number of fused-ring (bicyclic) bond motifs is 1. The van der Waals surface area contributed by atoms with E-state index in [2.05, 4.69) is 4.98 Å². The number of carbonyl (C=O) groups is 3. The number of ether oxygens (including phenoxy) is 1. The van der Waals surface area contributed by atoms with Gasteiger partial charge in [-0.3, -0.25) is 19.4 Å². The van der Waals surface area contributed by atoms with Crippen molar-refractivity contribution in [3.63, 3.8) is 0 Å². The lowest BCUT2D eigenvalue weighted by atomic mass is 9.67. The lowest BCUT2D eigenvalue weighted by Gasteiger charge is -2.62. The minimum atomic E-state index is -0.792. The summed E-state index contributed by atoms with van der Waals surface area (Å²) in [6, 6.07) is 12.5. The molecule has 3 amide bonds. The lowest BCUT2D eigenvalue weighted by Crippen LogP contribution is -2.78. The van der Waals surface area contributed by atoms with Gasteiger partial charge in [0.25, 0.3) is 11.8 Å². The molecule has 33 heavy (non-hydrogen) atoms. The molecule has 172 valence electrons. The third-order valence-corrected chi connectivity index (χ3v) is 6.92. The molecule has 8 nitrogen and oxygen atoms in total. The van der Waals surface area contributed by atoms with Crippen LogP contribution in [0.25, 0.3) is 0 Å². The van der Waals surface area contributed by atoms with Crippen LogP contribution in [-0.2, 0) is 9.53 Å². The van der Waals surface area contributed by atoms with Crippen molar-refractivity contribution >= 4 is 17.7 Å².